The summed E-state index contributed by atoms with van der Waals surface area (Å²) in [6, 6.07) is 37.3. The van der Waals surface area contributed by atoms with Crippen LogP contribution in [0.4, 0.5) is 4.79 Å². The molecule has 0 spiro atoms. The molecule has 2 aliphatic rings. The van der Waals surface area contributed by atoms with E-state index in [1.807, 2.05) is 121 Å². The van der Waals surface area contributed by atoms with E-state index in [9.17, 15) is 9.59 Å². The van der Waals surface area contributed by atoms with Crippen molar-refractivity contribution in [3.8, 4) is 0 Å². The van der Waals surface area contributed by atoms with Gasteiger partial charge in [-0.3, -0.25) is 0 Å². The van der Waals surface area contributed by atoms with Crippen LogP contribution in [0.15, 0.2) is 144 Å². The lowest BCUT2D eigenvalue weighted by molar-refractivity contribution is -0.278. The molecule has 15 heteroatoms. The van der Waals surface area contributed by atoms with Crippen LogP contribution in [0.25, 0.3) is 0 Å². The van der Waals surface area contributed by atoms with Crippen molar-refractivity contribution in [2.75, 3.05) is 13.7 Å². The van der Waals surface area contributed by atoms with Gasteiger partial charge in [-0.15, -0.1) is 0 Å². The first kappa shape index (κ1) is 56.9. The van der Waals surface area contributed by atoms with Gasteiger partial charge in [0.2, 0.25) is 0 Å². The van der Waals surface area contributed by atoms with E-state index in [1.165, 1.54) is 7.11 Å². The Morgan fingerprint density at radius 1 is 0.568 bits per heavy atom. The zero-order valence-electron chi connectivity index (χ0n) is 44.6. The molecule has 1 unspecified atom stereocenters. The van der Waals surface area contributed by atoms with Crippen LogP contribution in [0.3, 0.4) is 0 Å². The van der Waals surface area contributed by atoms with Crippen molar-refractivity contribution < 1.29 is 61.8 Å². The van der Waals surface area contributed by atoms with Crippen LogP contribution in [0.5, 0.6) is 0 Å². The van der Waals surface area contributed by atoms with E-state index >= 15 is 9.59 Å². The number of allylic oxidation sites excluding steroid dienone is 1. The number of dihydropyridines is 1. The molecule has 0 aliphatic carbocycles. The summed E-state index contributed by atoms with van der Waals surface area (Å²) in [5.74, 6) is -3.78. The molecule has 1 amide bonds. The van der Waals surface area contributed by atoms with E-state index in [2.05, 4.69) is 10.6 Å². The SMILES string of the molecule is COC(=O)[C@H](CC1=C(C(=O)OC(C)(C)C)C([C@@H]2O[C@H](COCc3ccccc3)[C@H](OCc3ccccc3)[C@H](OCc3ccccc3)[C@H]2OCc2ccccc2)C(C(=O)OC(C)(C)C)=C(C)N1)NC(=O)OC(C)(C)C. The molecular weight excluding hydrogens is 945 g/mol. The Morgan fingerprint density at radius 3 is 1.43 bits per heavy atom. The fraction of sp³-hybridized carbons (Fsp3) is 0.458. The van der Waals surface area contributed by atoms with Gasteiger partial charge in [-0.1, -0.05) is 121 Å². The standard InChI is InChI=1S/C59H74N2O13/c1-38-46(54(63)72-57(2,3)4)48(47(55(64)73-58(5,6)7)43(60-38)32-44(53(62)66-11)61-56(65)74-59(8,9)10)50-52(70-36-42-30-22-15-23-31-42)51(69-35-41-28-20-14-21-29-41)49(68-34-40-26-18-13-19-27-40)45(71-50)37-67-33-39-24-16-12-17-25-39/h12-31,44-45,48-52,60H,32-37H2,1-11H3,(H,61,65)/t44-,45+,48?,49-,50-,51-,52-/m0/s1. The maximum Gasteiger partial charge on any atom is 0.408 e. The van der Waals surface area contributed by atoms with Gasteiger partial charge in [-0.25, -0.2) is 19.2 Å². The molecule has 0 saturated carbocycles. The first-order valence-electron chi connectivity index (χ1n) is 25.1. The maximum atomic E-state index is 15.4. The Labute approximate surface area is 436 Å². The van der Waals surface area contributed by atoms with Crippen molar-refractivity contribution in [2.24, 2.45) is 5.92 Å². The predicted molar refractivity (Wildman–Crippen MR) is 278 cm³/mol. The third kappa shape index (κ3) is 16.8. The fourth-order valence-corrected chi connectivity index (χ4v) is 8.69. The molecular formula is C59H74N2O13. The number of carbonyl (C=O) groups is 4. The number of esters is 3. The largest absolute Gasteiger partial charge is 0.467 e. The Balaban J connectivity index is 1.61. The van der Waals surface area contributed by atoms with Crippen molar-refractivity contribution in [1.82, 2.24) is 10.6 Å². The fourth-order valence-electron chi connectivity index (χ4n) is 8.69. The van der Waals surface area contributed by atoms with Crippen LogP contribution < -0.4 is 10.6 Å². The minimum absolute atomic E-state index is 0.0283. The Kier molecular flexibility index (Phi) is 19.8. The normalized spacial score (nSPS) is 20.7. The molecule has 0 aromatic heterocycles. The van der Waals surface area contributed by atoms with Crippen LogP contribution in [0.1, 0.15) is 97.9 Å². The summed E-state index contributed by atoms with van der Waals surface area (Å²) in [5.41, 5.74) is 0.880. The number of hydrogen-bond acceptors (Lipinski definition) is 14. The van der Waals surface area contributed by atoms with Gasteiger partial charge in [0.25, 0.3) is 0 Å². The summed E-state index contributed by atoms with van der Waals surface area (Å²) >= 11 is 0. The van der Waals surface area contributed by atoms with E-state index in [1.54, 1.807) is 69.2 Å². The highest BCUT2D eigenvalue weighted by Crippen LogP contribution is 2.44. The smallest absolute Gasteiger partial charge is 0.408 e. The number of nitrogens with one attached hydrogen (secondary N) is 2. The molecule has 4 aromatic rings. The van der Waals surface area contributed by atoms with Crippen LogP contribution >= 0.6 is 0 Å². The van der Waals surface area contributed by atoms with Crippen molar-refractivity contribution in [3.05, 3.63) is 166 Å². The first-order valence-corrected chi connectivity index (χ1v) is 25.1. The van der Waals surface area contributed by atoms with E-state index in [4.69, 9.17) is 42.6 Å². The molecule has 6 rings (SSSR count). The number of ether oxygens (including phenoxy) is 9. The maximum absolute atomic E-state index is 15.4. The van der Waals surface area contributed by atoms with Crippen molar-refractivity contribution >= 4 is 24.0 Å². The monoisotopic (exact) mass is 1020 g/mol. The minimum Gasteiger partial charge on any atom is -0.467 e. The summed E-state index contributed by atoms with van der Waals surface area (Å²) in [7, 11) is 1.19. The molecule has 1 fully saturated rings. The van der Waals surface area contributed by atoms with Gasteiger partial charge in [0.1, 0.15) is 47.3 Å². The molecule has 7 atom stereocenters. The highest BCUT2D eigenvalue weighted by molar-refractivity contribution is 5.98. The highest BCUT2D eigenvalue weighted by Gasteiger charge is 2.56. The van der Waals surface area contributed by atoms with E-state index in [0.29, 0.717) is 0 Å². The van der Waals surface area contributed by atoms with Crippen molar-refractivity contribution in [1.29, 1.82) is 0 Å². The Morgan fingerprint density at radius 2 is 0.986 bits per heavy atom. The molecule has 1 saturated heterocycles. The van der Waals surface area contributed by atoms with Gasteiger partial charge >= 0.3 is 24.0 Å². The van der Waals surface area contributed by atoms with Crippen LogP contribution in [-0.2, 0) is 83.4 Å². The van der Waals surface area contributed by atoms with E-state index in [-0.39, 0.29) is 62.0 Å². The summed E-state index contributed by atoms with van der Waals surface area (Å²) in [6.45, 7) is 17.7. The van der Waals surface area contributed by atoms with E-state index < -0.39 is 83.3 Å². The molecule has 2 N–H and O–H groups in total. The minimum atomic E-state index is -1.40. The van der Waals surface area contributed by atoms with Gasteiger partial charge < -0.3 is 53.3 Å². The summed E-state index contributed by atoms with van der Waals surface area (Å²) < 4.78 is 58.3. The number of carbonyl (C=O) groups excluding carboxylic acids is 4. The number of alkyl carbamates (subject to hydrolysis) is 1. The number of benzene rings is 4. The van der Waals surface area contributed by atoms with Gasteiger partial charge in [0.05, 0.1) is 63.3 Å². The average molecular weight is 1020 g/mol. The second-order valence-electron chi connectivity index (χ2n) is 21.4. The molecule has 0 bridgehead atoms. The molecule has 0 radical (unpaired) electrons. The number of methoxy groups -OCH3 is 1. The van der Waals surface area contributed by atoms with Gasteiger partial charge in [0, 0.05) is 17.8 Å². The van der Waals surface area contributed by atoms with Gasteiger partial charge in [-0.2, -0.15) is 0 Å². The molecule has 2 heterocycles. The topological polar surface area (TPSA) is 175 Å². The second kappa shape index (κ2) is 25.7. The predicted octanol–water partition coefficient (Wildman–Crippen LogP) is 9.61. The lowest BCUT2D eigenvalue weighted by Gasteiger charge is -2.49. The van der Waals surface area contributed by atoms with Gasteiger partial charge in [0.15, 0.2) is 0 Å². The second-order valence-corrected chi connectivity index (χ2v) is 21.4. The van der Waals surface area contributed by atoms with Crippen molar-refractivity contribution in [3.63, 3.8) is 0 Å². The van der Waals surface area contributed by atoms with Crippen molar-refractivity contribution in [2.45, 2.75) is 155 Å². The summed E-state index contributed by atoms with van der Waals surface area (Å²) in [4.78, 5) is 57.6. The lowest BCUT2D eigenvalue weighted by atomic mass is 9.75. The third-order valence-electron chi connectivity index (χ3n) is 11.8. The van der Waals surface area contributed by atoms with Crippen LogP contribution in [0, 0.1) is 5.92 Å². The summed E-state index contributed by atoms with van der Waals surface area (Å²) in [6.07, 6.45) is -6.41. The zero-order chi connectivity index (χ0) is 53.6. The molecule has 15 nitrogen and oxygen atoms in total. The molecule has 2 aliphatic heterocycles. The zero-order valence-corrected chi connectivity index (χ0v) is 44.6. The Hall–Kier alpha value is -6.36. The number of rotatable bonds is 20. The number of hydrogen-bond donors (Lipinski definition) is 2. The Bertz CT molecular complexity index is 2530. The van der Waals surface area contributed by atoms with Crippen LogP contribution in [0.2, 0.25) is 0 Å². The van der Waals surface area contributed by atoms with Gasteiger partial charge in [-0.05, 0) is 91.5 Å². The molecule has 74 heavy (non-hydrogen) atoms. The summed E-state index contributed by atoms with van der Waals surface area (Å²) in [5, 5.41) is 5.91. The number of amides is 1. The molecule has 4 aromatic carbocycles. The average Bonchev–Trinajstić information content (AvgIpc) is 3.33. The lowest BCUT2D eigenvalue weighted by Crippen LogP contribution is -2.64. The quantitative estimate of drug-likeness (QED) is 0.0632. The highest BCUT2D eigenvalue weighted by atomic mass is 16.6. The van der Waals surface area contributed by atoms with E-state index in [0.717, 1.165) is 22.3 Å². The first-order chi connectivity index (χ1) is 35.1. The molecule has 398 valence electrons. The third-order valence-corrected chi connectivity index (χ3v) is 11.8. The van der Waals surface area contributed by atoms with Crippen LogP contribution in [-0.4, -0.2) is 91.1 Å².